The number of rotatable bonds is 3. The van der Waals surface area contributed by atoms with Crippen molar-refractivity contribution in [2.45, 2.75) is 15.9 Å². The minimum Gasteiger partial charge on any atom is -0.541 e. The second kappa shape index (κ2) is 4.63. The third-order valence-corrected chi connectivity index (χ3v) is 4.52. The third-order valence-electron chi connectivity index (χ3n) is 3.01. The van der Waals surface area contributed by atoms with E-state index in [4.69, 9.17) is 0 Å². The molecule has 21 heavy (non-hydrogen) atoms. The van der Waals surface area contributed by atoms with Crippen molar-refractivity contribution in [1.29, 1.82) is 0 Å². The van der Waals surface area contributed by atoms with Gasteiger partial charge in [0.05, 0.1) is 20.6 Å². The number of alkyl halides is 2. The number of carboxylic acid groups (broad SMARTS) is 1. The summed E-state index contributed by atoms with van der Waals surface area (Å²) in [7, 11) is -1.38. The van der Waals surface area contributed by atoms with Crippen molar-refractivity contribution in [3.8, 4) is 16.9 Å². The average Bonchev–Trinajstić information content (AvgIpc) is 2.72. The number of hydrogen-bond donors (Lipinski definition) is 0. The molecule has 1 atom stereocenters. The van der Waals surface area contributed by atoms with E-state index in [0.717, 1.165) is 6.07 Å². The molecule has 0 saturated carbocycles. The summed E-state index contributed by atoms with van der Waals surface area (Å²) in [6.07, 6.45) is -4.43. The smallest absolute Gasteiger partial charge is 0.441 e. The van der Waals surface area contributed by atoms with E-state index in [1.165, 1.54) is 12.1 Å². The zero-order chi connectivity index (χ0) is 15.2. The zero-order valence-corrected chi connectivity index (χ0v) is 11.2. The van der Waals surface area contributed by atoms with Gasteiger partial charge in [0, 0.05) is 5.56 Å². The second-order valence-electron chi connectivity index (χ2n) is 4.33. The number of carbonyl (C=O) groups is 1. The summed E-state index contributed by atoms with van der Waals surface area (Å²) in [5.74, 6) is -2.95. The molecule has 1 aliphatic rings. The molecular formula is C14H7F2O4S-. The fraction of sp³-hybridized carbons (Fsp3) is 0.0714. The van der Waals surface area contributed by atoms with Crippen LogP contribution in [0.25, 0.3) is 11.1 Å². The standard InChI is InChI=1S/C14H8F2O4S/c15-14(16,13(17)18)20-8-5-6-12-10(7-8)9-3-1-2-4-11(9)21(12)19/h1-7H,(H,17,18)/p-1. The maximum Gasteiger partial charge on any atom is 0.441 e. The monoisotopic (exact) mass is 309 g/mol. The Morgan fingerprint density at radius 1 is 1.10 bits per heavy atom. The molecule has 0 fully saturated rings. The van der Waals surface area contributed by atoms with E-state index in [2.05, 4.69) is 4.74 Å². The number of hydrogen-bond acceptors (Lipinski definition) is 4. The summed E-state index contributed by atoms with van der Waals surface area (Å²) in [4.78, 5) is 11.3. The molecule has 0 spiro atoms. The SMILES string of the molecule is O=C([O-])C(F)(F)Oc1ccc2c(c1)-c1ccccc1S2=O. The molecule has 2 aromatic rings. The summed E-state index contributed by atoms with van der Waals surface area (Å²) in [5.41, 5.74) is 1.13. The molecule has 1 heterocycles. The van der Waals surface area contributed by atoms with Gasteiger partial charge in [-0.15, -0.1) is 0 Å². The van der Waals surface area contributed by atoms with Crippen LogP contribution in [0.1, 0.15) is 0 Å². The summed E-state index contributed by atoms with van der Waals surface area (Å²) < 4.78 is 42.4. The van der Waals surface area contributed by atoms with Crippen LogP contribution in [-0.4, -0.2) is 16.3 Å². The molecule has 108 valence electrons. The van der Waals surface area contributed by atoms with E-state index in [1.807, 2.05) is 0 Å². The van der Waals surface area contributed by atoms with Crippen LogP contribution < -0.4 is 9.84 Å². The van der Waals surface area contributed by atoms with Crippen molar-refractivity contribution in [3.63, 3.8) is 0 Å². The van der Waals surface area contributed by atoms with Crippen molar-refractivity contribution in [2.24, 2.45) is 0 Å². The Balaban J connectivity index is 2.05. The van der Waals surface area contributed by atoms with Crippen molar-refractivity contribution >= 4 is 16.8 Å². The molecule has 0 N–H and O–H groups in total. The number of aliphatic carboxylic acids is 1. The van der Waals surface area contributed by atoms with Gasteiger partial charge < -0.3 is 14.6 Å². The largest absolute Gasteiger partial charge is 0.541 e. The van der Waals surface area contributed by atoms with Gasteiger partial charge in [0.2, 0.25) is 0 Å². The molecule has 7 heteroatoms. The second-order valence-corrected chi connectivity index (χ2v) is 5.75. The summed E-state index contributed by atoms with van der Waals surface area (Å²) >= 11 is 0. The van der Waals surface area contributed by atoms with Gasteiger partial charge in [-0.05, 0) is 29.8 Å². The van der Waals surface area contributed by atoms with Crippen LogP contribution in [-0.2, 0) is 15.6 Å². The minimum atomic E-state index is -4.43. The van der Waals surface area contributed by atoms with Gasteiger partial charge >= 0.3 is 6.11 Å². The number of halogens is 2. The first-order chi connectivity index (χ1) is 9.90. The predicted molar refractivity (Wildman–Crippen MR) is 67.1 cm³/mol. The summed E-state index contributed by atoms with van der Waals surface area (Å²) in [6, 6.07) is 10.6. The number of carboxylic acids is 1. The fourth-order valence-electron chi connectivity index (χ4n) is 2.10. The highest BCUT2D eigenvalue weighted by Gasteiger charge is 2.35. The van der Waals surface area contributed by atoms with Crippen LogP contribution in [0.4, 0.5) is 8.78 Å². The highest BCUT2D eigenvalue weighted by atomic mass is 32.2. The van der Waals surface area contributed by atoms with Crippen molar-refractivity contribution in [1.82, 2.24) is 0 Å². The molecule has 0 aliphatic carbocycles. The van der Waals surface area contributed by atoms with Gasteiger partial charge in [0.1, 0.15) is 5.75 Å². The maximum atomic E-state index is 13.0. The normalized spacial score (nSPS) is 16.2. The Kier molecular flexibility index (Phi) is 3.02. The van der Waals surface area contributed by atoms with Gasteiger partial charge in [-0.2, -0.15) is 8.78 Å². The van der Waals surface area contributed by atoms with Crippen LogP contribution in [0, 0.1) is 0 Å². The van der Waals surface area contributed by atoms with E-state index in [0.29, 0.717) is 20.9 Å². The van der Waals surface area contributed by atoms with Gasteiger partial charge in [0.15, 0.2) is 5.97 Å². The Morgan fingerprint density at radius 3 is 2.48 bits per heavy atom. The predicted octanol–water partition coefficient (Wildman–Crippen LogP) is 1.56. The first kappa shape index (κ1) is 13.7. The molecule has 0 radical (unpaired) electrons. The maximum absolute atomic E-state index is 13.0. The molecule has 2 aromatic carbocycles. The number of ether oxygens (including phenoxy) is 1. The van der Waals surface area contributed by atoms with E-state index >= 15 is 0 Å². The fourth-order valence-corrected chi connectivity index (χ4v) is 3.48. The Hall–Kier alpha value is -2.28. The molecule has 1 unspecified atom stereocenters. The third kappa shape index (κ3) is 2.19. The molecule has 0 bridgehead atoms. The Morgan fingerprint density at radius 2 is 1.76 bits per heavy atom. The van der Waals surface area contributed by atoms with Crippen LogP contribution in [0.2, 0.25) is 0 Å². The lowest BCUT2D eigenvalue weighted by molar-refractivity contribution is -0.350. The minimum absolute atomic E-state index is 0.336. The first-order valence-electron chi connectivity index (χ1n) is 5.83. The number of fused-ring (bicyclic) bond motifs is 3. The van der Waals surface area contributed by atoms with Crippen LogP contribution in [0.5, 0.6) is 5.75 Å². The lowest BCUT2D eigenvalue weighted by atomic mass is 10.1. The van der Waals surface area contributed by atoms with Crippen LogP contribution in [0.15, 0.2) is 52.3 Å². The van der Waals surface area contributed by atoms with Gasteiger partial charge in [-0.3, -0.25) is 0 Å². The summed E-state index contributed by atoms with van der Waals surface area (Å²) in [6.45, 7) is 0. The average molecular weight is 309 g/mol. The summed E-state index contributed by atoms with van der Waals surface area (Å²) in [5, 5.41) is 10.3. The highest BCUT2D eigenvalue weighted by Crippen LogP contribution is 2.42. The molecule has 0 saturated heterocycles. The topological polar surface area (TPSA) is 66.4 Å². The first-order valence-corrected chi connectivity index (χ1v) is 6.98. The quantitative estimate of drug-likeness (QED) is 0.736. The Labute approximate surface area is 120 Å². The van der Waals surface area contributed by atoms with Gasteiger partial charge in [0.25, 0.3) is 0 Å². The lowest BCUT2D eigenvalue weighted by Crippen LogP contribution is -2.45. The lowest BCUT2D eigenvalue weighted by Gasteiger charge is -2.18. The van der Waals surface area contributed by atoms with Crippen molar-refractivity contribution in [3.05, 3.63) is 42.5 Å². The zero-order valence-electron chi connectivity index (χ0n) is 10.3. The van der Waals surface area contributed by atoms with E-state index in [-0.39, 0.29) is 5.75 Å². The molecule has 3 rings (SSSR count). The van der Waals surface area contributed by atoms with E-state index in [1.54, 1.807) is 24.3 Å². The molecule has 0 amide bonds. The van der Waals surface area contributed by atoms with Gasteiger partial charge in [-0.25, -0.2) is 4.21 Å². The molecular weight excluding hydrogens is 302 g/mol. The van der Waals surface area contributed by atoms with Crippen molar-refractivity contribution in [2.75, 3.05) is 0 Å². The van der Waals surface area contributed by atoms with Crippen LogP contribution >= 0.6 is 0 Å². The van der Waals surface area contributed by atoms with Crippen molar-refractivity contribution < 1.29 is 27.6 Å². The number of benzene rings is 2. The Bertz CT molecular complexity index is 773. The number of carbonyl (C=O) groups excluding carboxylic acids is 1. The van der Waals surface area contributed by atoms with E-state index < -0.39 is 22.9 Å². The molecule has 0 aromatic heterocycles. The molecule has 1 aliphatic heterocycles. The highest BCUT2D eigenvalue weighted by molar-refractivity contribution is 7.85. The van der Waals surface area contributed by atoms with E-state index in [9.17, 15) is 22.9 Å². The molecule has 4 nitrogen and oxygen atoms in total. The van der Waals surface area contributed by atoms with Crippen LogP contribution in [0.3, 0.4) is 0 Å². The van der Waals surface area contributed by atoms with Gasteiger partial charge in [-0.1, -0.05) is 18.2 Å².